The lowest BCUT2D eigenvalue weighted by atomic mass is 10.0. The van der Waals surface area contributed by atoms with Crippen LogP contribution in [0.25, 0.3) is 0 Å². The van der Waals surface area contributed by atoms with Gasteiger partial charge in [-0.1, -0.05) is 172 Å². The second-order valence-electron chi connectivity index (χ2n) is 15.8. The zero-order valence-electron chi connectivity index (χ0n) is 36.5. The number of nitrogens with two attached hydrogens (primary N) is 1. The topological polar surface area (TPSA) is 119 Å². The quantitative estimate of drug-likeness (QED) is 0.0322. The highest BCUT2D eigenvalue weighted by molar-refractivity contribution is 5.83. The zero-order chi connectivity index (χ0) is 41.0. The summed E-state index contributed by atoms with van der Waals surface area (Å²) in [5, 5.41) is 11.9. The Bertz CT molecular complexity index is 1020. The molecule has 0 aliphatic rings. The molecule has 0 bridgehead atoms. The molecule has 2 unspecified atom stereocenters. The van der Waals surface area contributed by atoms with Gasteiger partial charge in [0.2, 0.25) is 5.91 Å². The average Bonchev–Trinajstić information content (AvgIpc) is 3.18. The second kappa shape index (κ2) is 43.5. The van der Waals surface area contributed by atoms with Crippen molar-refractivity contribution in [2.24, 2.45) is 5.73 Å². The number of carbonyl (C=O) groups excluding carboxylic acids is 2. The highest BCUT2D eigenvalue weighted by Gasteiger charge is 2.19. The molecule has 0 saturated heterocycles. The summed E-state index contributed by atoms with van der Waals surface area (Å²) in [4.78, 5) is 36.4. The lowest BCUT2D eigenvalue weighted by Crippen LogP contribution is -2.40. The van der Waals surface area contributed by atoms with Crippen molar-refractivity contribution < 1.29 is 24.2 Å². The summed E-state index contributed by atoms with van der Waals surface area (Å²) in [7, 11) is 0. The number of amides is 1. The number of allylic oxidation sites excluding steroid dienone is 8. The summed E-state index contributed by atoms with van der Waals surface area (Å²) in [5.41, 5.74) is 5.49. The molecule has 0 saturated carbocycles. The number of carbonyl (C=O) groups is 3. The fourth-order valence-electron chi connectivity index (χ4n) is 6.91. The van der Waals surface area contributed by atoms with Crippen LogP contribution >= 0.6 is 0 Å². The van der Waals surface area contributed by atoms with Gasteiger partial charge < -0.3 is 20.9 Å². The van der Waals surface area contributed by atoms with Crippen LogP contribution in [0.4, 0.5) is 0 Å². The number of rotatable bonds is 42. The van der Waals surface area contributed by atoms with Crippen LogP contribution in [-0.4, -0.2) is 41.6 Å². The van der Waals surface area contributed by atoms with Crippen LogP contribution in [0.5, 0.6) is 0 Å². The van der Waals surface area contributed by atoms with Crippen molar-refractivity contribution in [2.75, 3.05) is 6.54 Å². The number of ether oxygens (including phenoxy) is 1. The summed E-state index contributed by atoms with van der Waals surface area (Å²) in [6.07, 6.45) is 53.0. The predicted octanol–water partition coefficient (Wildman–Crippen LogP) is 13.6. The number of carboxylic acid groups (broad SMARTS) is 1. The molecule has 324 valence electrons. The van der Waals surface area contributed by atoms with E-state index in [4.69, 9.17) is 10.5 Å². The van der Waals surface area contributed by atoms with Gasteiger partial charge in [0.15, 0.2) is 0 Å². The van der Waals surface area contributed by atoms with E-state index in [-0.39, 0.29) is 18.0 Å². The summed E-state index contributed by atoms with van der Waals surface area (Å²) in [6.45, 7) is 4.83. The third-order valence-electron chi connectivity index (χ3n) is 10.4. The highest BCUT2D eigenvalue weighted by Crippen LogP contribution is 2.19. The molecule has 0 aromatic heterocycles. The van der Waals surface area contributed by atoms with Gasteiger partial charge in [0, 0.05) is 12.8 Å². The maximum Gasteiger partial charge on any atom is 0.326 e. The van der Waals surface area contributed by atoms with Crippen molar-refractivity contribution in [1.82, 2.24) is 5.32 Å². The van der Waals surface area contributed by atoms with Gasteiger partial charge in [0.25, 0.3) is 0 Å². The normalized spacial score (nSPS) is 13.1. The van der Waals surface area contributed by atoms with Crippen LogP contribution in [0.1, 0.15) is 226 Å². The molecule has 0 spiro atoms. The molecule has 0 fully saturated rings. The van der Waals surface area contributed by atoms with E-state index in [0.717, 1.165) is 89.9 Å². The SMILES string of the molecule is CC/C=C\C/C=C\C/C=C\C/C=C\CCCCCCCCCCC(=O)OC(CCCCCCCCCCC)CCCCCCCC(=O)NC(CCCN)C(=O)O. The van der Waals surface area contributed by atoms with E-state index < -0.39 is 12.0 Å². The van der Waals surface area contributed by atoms with Crippen molar-refractivity contribution in [2.45, 2.75) is 238 Å². The minimum atomic E-state index is -1.00. The molecule has 0 radical (unpaired) electrons. The lowest BCUT2D eigenvalue weighted by Gasteiger charge is -2.18. The molecule has 0 aliphatic heterocycles. The Morgan fingerprint density at radius 2 is 0.982 bits per heavy atom. The first-order valence-electron chi connectivity index (χ1n) is 23.5. The van der Waals surface area contributed by atoms with E-state index in [2.05, 4.69) is 67.8 Å². The third-order valence-corrected chi connectivity index (χ3v) is 10.4. The van der Waals surface area contributed by atoms with E-state index in [9.17, 15) is 19.5 Å². The van der Waals surface area contributed by atoms with Crippen molar-refractivity contribution in [3.63, 3.8) is 0 Å². The first kappa shape index (κ1) is 53.3. The number of nitrogens with one attached hydrogen (secondary N) is 1. The fourth-order valence-corrected chi connectivity index (χ4v) is 6.91. The van der Waals surface area contributed by atoms with E-state index in [1.54, 1.807) is 0 Å². The Balaban J connectivity index is 4.18. The van der Waals surface area contributed by atoms with Gasteiger partial charge in [-0.2, -0.15) is 0 Å². The van der Waals surface area contributed by atoms with Crippen molar-refractivity contribution >= 4 is 17.8 Å². The minimum Gasteiger partial charge on any atom is -0.480 e. The first-order valence-corrected chi connectivity index (χ1v) is 23.5. The van der Waals surface area contributed by atoms with Crippen LogP contribution < -0.4 is 11.1 Å². The third kappa shape index (κ3) is 39.6. The largest absolute Gasteiger partial charge is 0.480 e. The summed E-state index contributed by atoms with van der Waals surface area (Å²) in [5.74, 6) is -1.24. The van der Waals surface area contributed by atoms with Crippen LogP contribution in [0.2, 0.25) is 0 Å². The first-order chi connectivity index (χ1) is 27.4. The van der Waals surface area contributed by atoms with Gasteiger partial charge in [0.05, 0.1) is 0 Å². The predicted molar refractivity (Wildman–Crippen MR) is 239 cm³/mol. The Morgan fingerprint density at radius 1 is 0.536 bits per heavy atom. The van der Waals surface area contributed by atoms with Crippen LogP contribution in [0.3, 0.4) is 0 Å². The molecule has 7 heteroatoms. The monoisotopic (exact) mass is 785 g/mol. The number of unbranched alkanes of at least 4 members (excludes halogenated alkanes) is 20. The molecule has 0 aromatic carbocycles. The Labute approximate surface area is 345 Å². The molecule has 0 aliphatic carbocycles. The number of esters is 1. The van der Waals surface area contributed by atoms with Gasteiger partial charge >= 0.3 is 11.9 Å². The molecule has 1 amide bonds. The lowest BCUT2D eigenvalue weighted by molar-refractivity contribution is -0.150. The van der Waals surface area contributed by atoms with Gasteiger partial charge in [0.1, 0.15) is 12.1 Å². The van der Waals surface area contributed by atoms with Crippen molar-refractivity contribution in [3.05, 3.63) is 48.6 Å². The summed E-state index contributed by atoms with van der Waals surface area (Å²) in [6, 6.07) is -0.857. The summed E-state index contributed by atoms with van der Waals surface area (Å²) >= 11 is 0. The van der Waals surface area contributed by atoms with Gasteiger partial charge in [-0.3, -0.25) is 9.59 Å². The number of hydrogen-bond donors (Lipinski definition) is 3. The maximum absolute atomic E-state index is 12.8. The zero-order valence-corrected chi connectivity index (χ0v) is 36.5. The molecular formula is C49H88N2O5. The molecule has 0 rings (SSSR count). The van der Waals surface area contributed by atoms with Gasteiger partial charge in [-0.05, 0) is 96.4 Å². The Hall–Kier alpha value is -2.67. The fraction of sp³-hybridized carbons (Fsp3) is 0.776. The van der Waals surface area contributed by atoms with E-state index in [1.165, 1.54) is 96.3 Å². The highest BCUT2D eigenvalue weighted by atomic mass is 16.5. The van der Waals surface area contributed by atoms with E-state index in [0.29, 0.717) is 32.2 Å². The van der Waals surface area contributed by atoms with Gasteiger partial charge in [-0.25, -0.2) is 4.79 Å². The van der Waals surface area contributed by atoms with Crippen molar-refractivity contribution in [1.29, 1.82) is 0 Å². The molecule has 2 atom stereocenters. The second-order valence-corrected chi connectivity index (χ2v) is 15.8. The standard InChI is InChI=1S/C49H88N2O5/c1-3-5-7-9-11-13-14-15-16-17-18-19-20-21-22-23-24-26-28-33-37-43-48(53)56-45(39-34-30-27-25-12-10-8-6-4-2)40-35-31-29-32-36-42-47(52)51-46(49(54)55)41-38-44-50/h5,7,11,13,15-16,18-19,45-46H,3-4,6,8-10,12,14,17,20-44,50H2,1-2H3,(H,51,52)(H,54,55)/b7-5-,13-11-,16-15-,19-18-. The van der Waals surface area contributed by atoms with Crippen LogP contribution in [0, 0.1) is 0 Å². The molecular weight excluding hydrogens is 697 g/mol. The maximum atomic E-state index is 12.8. The van der Waals surface area contributed by atoms with E-state index in [1.807, 2.05) is 0 Å². The summed E-state index contributed by atoms with van der Waals surface area (Å²) < 4.78 is 6.05. The Morgan fingerprint density at radius 3 is 1.48 bits per heavy atom. The minimum absolute atomic E-state index is 0.0102. The number of hydrogen-bond acceptors (Lipinski definition) is 5. The van der Waals surface area contributed by atoms with Crippen LogP contribution in [-0.2, 0) is 19.1 Å². The Kier molecular flexibility index (Phi) is 41.4. The molecule has 0 aromatic rings. The number of carboxylic acids is 1. The average molecular weight is 785 g/mol. The smallest absolute Gasteiger partial charge is 0.326 e. The van der Waals surface area contributed by atoms with Gasteiger partial charge in [-0.15, -0.1) is 0 Å². The number of aliphatic carboxylic acids is 1. The van der Waals surface area contributed by atoms with Crippen LogP contribution in [0.15, 0.2) is 48.6 Å². The molecule has 0 heterocycles. The molecule has 4 N–H and O–H groups in total. The molecule has 56 heavy (non-hydrogen) atoms. The van der Waals surface area contributed by atoms with E-state index >= 15 is 0 Å². The molecule has 7 nitrogen and oxygen atoms in total. The van der Waals surface area contributed by atoms with Crippen molar-refractivity contribution in [3.8, 4) is 0 Å².